The summed E-state index contributed by atoms with van der Waals surface area (Å²) >= 11 is 10.0. The summed E-state index contributed by atoms with van der Waals surface area (Å²) in [4.78, 5) is 11.0. The Balaban J connectivity index is 2.35. The van der Waals surface area contributed by atoms with Gasteiger partial charge in [0, 0.05) is 8.95 Å². The van der Waals surface area contributed by atoms with Crippen molar-refractivity contribution >= 4 is 53.8 Å². The monoisotopic (exact) mass is 448 g/mol. The number of hydrogen-bond donors (Lipinski definition) is 1. The topological polar surface area (TPSA) is 46.5 Å². The standard InChI is InChI=1S/C13H7Br3O3/c14-8-1-2-12(11(16)6-8)19-10-4-7(13(17)18)3-9(15)5-10/h1-6H,(H,17,18). The average Bonchev–Trinajstić information content (AvgIpc) is 2.32. The van der Waals surface area contributed by atoms with E-state index in [9.17, 15) is 4.79 Å². The fourth-order valence-electron chi connectivity index (χ4n) is 1.43. The van der Waals surface area contributed by atoms with Crippen molar-refractivity contribution in [1.82, 2.24) is 0 Å². The van der Waals surface area contributed by atoms with Crippen LogP contribution in [0.4, 0.5) is 0 Å². The highest BCUT2D eigenvalue weighted by molar-refractivity contribution is 9.11. The number of carbonyl (C=O) groups is 1. The number of aromatic carboxylic acids is 1. The molecule has 3 nitrogen and oxygen atoms in total. The molecule has 0 fully saturated rings. The van der Waals surface area contributed by atoms with Gasteiger partial charge in [-0.1, -0.05) is 31.9 Å². The maximum atomic E-state index is 11.0. The van der Waals surface area contributed by atoms with Gasteiger partial charge in [0.1, 0.15) is 11.5 Å². The van der Waals surface area contributed by atoms with Crippen LogP contribution in [-0.2, 0) is 0 Å². The van der Waals surface area contributed by atoms with E-state index in [1.54, 1.807) is 12.1 Å². The number of carboxylic acid groups (broad SMARTS) is 1. The molecule has 0 heterocycles. The minimum atomic E-state index is -0.999. The van der Waals surface area contributed by atoms with Crippen LogP contribution in [0.2, 0.25) is 0 Å². The summed E-state index contributed by atoms with van der Waals surface area (Å²) in [6, 6.07) is 10.2. The van der Waals surface area contributed by atoms with Crippen LogP contribution in [0, 0.1) is 0 Å². The van der Waals surface area contributed by atoms with Crippen LogP contribution in [0.15, 0.2) is 49.8 Å². The largest absolute Gasteiger partial charge is 0.478 e. The van der Waals surface area contributed by atoms with Crippen molar-refractivity contribution in [3.63, 3.8) is 0 Å². The molecule has 0 saturated carbocycles. The summed E-state index contributed by atoms with van der Waals surface area (Å²) in [5, 5.41) is 9.00. The highest BCUT2D eigenvalue weighted by atomic mass is 79.9. The summed E-state index contributed by atoms with van der Waals surface area (Å²) in [6.07, 6.45) is 0. The van der Waals surface area contributed by atoms with E-state index in [2.05, 4.69) is 47.8 Å². The second kappa shape index (κ2) is 6.07. The van der Waals surface area contributed by atoms with Gasteiger partial charge in [-0.2, -0.15) is 0 Å². The molecular formula is C13H7Br3O3. The third-order valence-corrected chi connectivity index (χ3v) is 3.81. The zero-order chi connectivity index (χ0) is 14.0. The van der Waals surface area contributed by atoms with Crippen LogP contribution < -0.4 is 4.74 Å². The van der Waals surface area contributed by atoms with Gasteiger partial charge in [-0.05, 0) is 52.3 Å². The molecule has 0 atom stereocenters. The predicted octanol–water partition coefficient (Wildman–Crippen LogP) is 5.46. The lowest BCUT2D eigenvalue weighted by molar-refractivity contribution is 0.0696. The lowest BCUT2D eigenvalue weighted by atomic mass is 10.2. The van der Waals surface area contributed by atoms with Crippen molar-refractivity contribution in [2.45, 2.75) is 0 Å². The normalized spacial score (nSPS) is 10.3. The Morgan fingerprint density at radius 2 is 1.74 bits per heavy atom. The fourth-order valence-corrected chi connectivity index (χ4v) is 3.03. The molecule has 2 aromatic carbocycles. The van der Waals surface area contributed by atoms with E-state index in [0.717, 1.165) is 8.95 Å². The van der Waals surface area contributed by atoms with Gasteiger partial charge >= 0.3 is 5.97 Å². The van der Waals surface area contributed by atoms with E-state index in [0.29, 0.717) is 16.0 Å². The zero-order valence-corrected chi connectivity index (χ0v) is 14.1. The Morgan fingerprint density at radius 1 is 1.00 bits per heavy atom. The SMILES string of the molecule is O=C(O)c1cc(Br)cc(Oc2ccc(Br)cc2Br)c1. The maximum Gasteiger partial charge on any atom is 0.335 e. The molecule has 0 aromatic heterocycles. The summed E-state index contributed by atoms with van der Waals surface area (Å²) in [5.74, 6) is 0.0634. The summed E-state index contributed by atoms with van der Waals surface area (Å²) < 4.78 is 8.02. The van der Waals surface area contributed by atoms with Gasteiger partial charge in [-0.3, -0.25) is 0 Å². The number of benzene rings is 2. The van der Waals surface area contributed by atoms with Crippen molar-refractivity contribution in [2.75, 3.05) is 0 Å². The van der Waals surface area contributed by atoms with Gasteiger partial charge in [-0.25, -0.2) is 4.79 Å². The molecule has 0 bridgehead atoms. The Kier molecular flexibility index (Phi) is 4.65. The molecule has 0 unspecified atom stereocenters. The zero-order valence-electron chi connectivity index (χ0n) is 9.36. The molecule has 19 heavy (non-hydrogen) atoms. The van der Waals surface area contributed by atoms with E-state index < -0.39 is 5.97 Å². The highest BCUT2D eigenvalue weighted by Gasteiger charge is 2.09. The average molecular weight is 451 g/mol. The van der Waals surface area contributed by atoms with Crippen LogP contribution in [-0.4, -0.2) is 11.1 Å². The number of halogens is 3. The quantitative estimate of drug-likeness (QED) is 0.675. The Bertz CT molecular complexity index is 641. The van der Waals surface area contributed by atoms with Gasteiger partial charge in [0.15, 0.2) is 0 Å². The van der Waals surface area contributed by atoms with Gasteiger partial charge in [0.25, 0.3) is 0 Å². The maximum absolute atomic E-state index is 11.0. The number of carboxylic acids is 1. The minimum absolute atomic E-state index is 0.164. The first-order valence-electron chi connectivity index (χ1n) is 5.12. The minimum Gasteiger partial charge on any atom is -0.478 e. The van der Waals surface area contributed by atoms with Crippen molar-refractivity contribution in [3.8, 4) is 11.5 Å². The summed E-state index contributed by atoms with van der Waals surface area (Å²) in [7, 11) is 0. The van der Waals surface area contributed by atoms with E-state index in [1.807, 2.05) is 12.1 Å². The number of rotatable bonds is 3. The van der Waals surface area contributed by atoms with Gasteiger partial charge in [0.2, 0.25) is 0 Å². The first-order valence-corrected chi connectivity index (χ1v) is 7.50. The molecule has 6 heteroatoms. The van der Waals surface area contributed by atoms with Crippen molar-refractivity contribution in [2.24, 2.45) is 0 Å². The van der Waals surface area contributed by atoms with Crippen LogP contribution in [0.5, 0.6) is 11.5 Å². The third kappa shape index (κ3) is 3.81. The van der Waals surface area contributed by atoms with Gasteiger partial charge in [-0.15, -0.1) is 0 Å². The van der Waals surface area contributed by atoms with E-state index in [4.69, 9.17) is 9.84 Å². The van der Waals surface area contributed by atoms with Gasteiger partial charge < -0.3 is 9.84 Å². The molecule has 0 aliphatic heterocycles. The summed E-state index contributed by atoms with van der Waals surface area (Å²) in [6.45, 7) is 0. The molecule has 98 valence electrons. The van der Waals surface area contributed by atoms with Crippen molar-refractivity contribution < 1.29 is 14.6 Å². The third-order valence-electron chi connectivity index (χ3n) is 2.24. The molecule has 0 spiro atoms. The van der Waals surface area contributed by atoms with E-state index in [1.165, 1.54) is 12.1 Å². The molecule has 0 aliphatic carbocycles. The fraction of sp³-hybridized carbons (Fsp3) is 0. The Hall–Kier alpha value is -0.850. The number of hydrogen-bond acceptors (Lipinski definition) is 2. The van der Waals surface area contributed by atoms with Crippen LogP contribution >= 0.6 is 47.8 Å². The lowest BCUT2D eigenvalue weighted by Crippen LogP contribution is -1.97. The molecule has 0 radical (unpaired) electrons. The lowest BCUT2D eigenvalue weighted by Gasteiger charge is -2.09. The second-order valence-corrected chi connectivity index (χ2v) is 6.34. The molecule has 2 aromatic rings. The Labute approximate surface area is 135 Å². The van der Waals surface area contributed by atoms with Gasteiger partial charge in [0.05, 0.1) is 10.0 Å². The second-order valence-electron chi connectivity index (χ2n) is 3.66. The molecule has 0 aliphatic rings. The van der Waals surface area contributed by atoms with Crippen molar-refractivity contribution in [1.29, 1.82) is 0 Å². The first kappa shape index (κ1) is 14.6. The van der Waals surface area contributed by atoms with Crippen LogP contribution in [0.25, 0.3) is 0 Å². The first-order chi connectivity index (χ1) is 8.95. The molecule has 0 amide bonds. The number of ether oxygens (including phenoxy) is 1. The molecule has 0 saturated heterocycles. The van der Waals surface area contributed by atoms with Crippen LogP contribution in [0.1, 0.15) is 10.4 Å². The molecular weight excluding hydrogens is 444 g/mol. The Morgan fingerprint density at radius 3 is 2.37 bits per heavy atom. The summed E-state index contributed by atoms with van der Waals surface area (Å²) in [5.41, 5.74) is 0.164. The molecule has 2 rings (SSSR count). The highest BCUT2D eigenvalue weighted by Crippen LogP contribution is 2.33. The van der Waals surface area contributed by atoms with E-state index >= 15 is 0 Å². The van der Waals surface area contributed by atoms with Crippen LogP contribution in [0.3, 0.4) is 0 Å². The molecule has 1 N–H and O–H groups in total. The van der Waals surface area contributed by atoms with E-state index in [-0.39, 0.29) is 5.56 Å². The smallest absolute Gasteiger partial charge is 0.335 e. The van der Waals surface area contributed by atoms with Crippen molar-refractivity contribution in [3.05, 3.63) is 55.4 Å². The predicted molar refractivity (Wildman–Crippen MR) is 83.0 cm³/mol.